The number of piperidine rings is 1. The van der Waals surface area contributed by atoms with Gasteiger partial charge < -0.3 is 4.90 Å². The van der Waals surface area contributed by atoms with Crippen LogP contribution in [-0.2, 0) is 4.79 Å². The van der Waals surface area contributed by atoms with Crippen molar-refractivity contribution >= 4 is 6.41 Å². The number of hydrogen-bond donors (Lipinski definition) is 0. The van der Waals surface area contributed by atoms with Crippen molar-refractivity contribution in [3.8, 4) is 0 Å². The number of hydrogen-bond acceptors (Lipinski definition) is 1. The average molecular weight is 168 g/mol. The highest BCUT2D eigenvalue weighted by atomic mass is 16.1. The van der Waals surface area contributed by atoms with E-state index >= 15 is 0 Å². The first-order valence-corrected chi connectivity index (χ1v) is 4.58. The summed E-state index contributed by atoms with van der Waals surface area (Å²) in [6.45, 7) is 8.44. The Morgan fingerprint density at radius 3 is 1.75 bits per heavy atom. The summed E-state index contributed by atoms with van der Waals surface area (Å²) in [5, 5.41) is 0. The smallest absolute Gasteiger partial charge is 0.313 e. The van der Waals surface area contributed by atoms with Gasteiger partial charge in [0.1, 0.15) is 0 Å². The summed E-state index contributed by atoms with van der Waals surface area (Å²) < 4.78 is 0. The van der Waals surface area contributed by atoms with Gasteiger partial charge in [-0.2, -0.15) is 0 Å². The van der Waals surface area contributed by atoms with E-state index in [-0.39, 0.29) is 11.1 Å². The van der Waals surface area contributed by atoms with E-state index in [0.29, 0.717) is 0 Å². The number of nitrogens with zero attached hydrogens (tertiary/aromatic N) is 1. The first-order valence-electron chi connectivity index (χ1n) is 4.58. The molecule has 0 aromatic heterocycles. The van der Waals surface area contributed by atoms with E-state index in [4.69, 9.17) is 0 Å². The third-order valence-electron chi connectivity index (χ3n) is 2.88. The maximum Gasteiger partial charge on any atom is 0.313 e. The predicted molar refractivity (Wildman–Crippen MR) is 49.5 cm³/mol. The monoisotopic (exact) mass is 168 g/mol. The van der Waals surface area contributed by atoms with Gasteiger partial charge in [0.2, 0.25) is 0 Å². The fourth-order valence-electron chi connectivity index (χ4n) is 2.24. The van der Waals surface area contributed by atoms with Crippen LogP contribution < -0.4 is 0 Å². The third kappa shape index (κ3) is 1.47. The lowest BCUT2D eigenvalue weighted by Crippen LogP contribution is -2.57. The van der Waals surface area contributed by atoms with Gasteiger partial charge in [-0.15, -0.1) is 0 Å². The second-order valence-corrected chi connectivity index (χ2v) is 4.91. The Labute approximate surface area is 74.9 Å². The predicted octanol–water partition coefficient (Wildman–Crippen LogP) is 2.10. The van der Waals surface area contributed by atoms with Crippen molar-refractivity contribution in [3.63, 3.8) is 0 Å². The van der Waals surface area contributed by atoms with Gasteiger partial charge >= 0.3 is 6.41 Å². The molecule has 2 nitrogen and oxygen atoms in total. The second-order valence-electron chi connectivity index (χ2n) is 4.91. The Balaban J connectivity index is 2.88. The van der Waals surface area contributed by atoms with Crippen molar-refractivity contribution in [2.24, 2.45) is 0 Å². The van der Waals surface area contributed by atoms with E-state index in [2.05, 4.69) is 34.1 Å². The van der Waals surface area contributed by atoms with Gasteiger partial charge in [0.05, 0.1) is 0 Å². The summed E-state index contributed by atoms with van der Waals surface area (Å²) in [5.74, 6) is 0. The van der Waals surface area contributed by atoms with E-state index in [1.54, 1.807) is 0 Å². The average Bonchev–Trinajstić information content (AvgIpc) is 1.83. The van der Waals surface area contributed by atoms with Gasteiger partial charge in [-0.25, -0.2) is 0 Å². The molecule has 0 N–H and O–H groups in total. The molecular weight excluding hydrogens is 150 g/mol. The minimum atomic E-state index is -0.0104. The Morgan fingerprint density at radius 1 is 1.08 bits per heavy atom. The Bertz CT molecular complexity index is 168. The summed E-state index contributed by atoms with van der Waals surface area (Å²) in [6, 6.07) is 0. The van der Waals surface area contributed by atoms with Crippen LogP contribution in [0.25, 0.3) is 0 Å². The van der Waals surface area contributed by atoms with Crippen LogP contribution in [0.1, 0.15) is 47.0 Å². The zero-order valence-electron chi connectivity index (χ0n) is 8.48. The second kappa shape index (κ2) is 2.75. The highest BCUT2D eigenvalue weighted by Gasteiger charge is 2.40. The molecule has 0 spiro atoms. The van der Waals surface area contributed by atoms with E-state index in [1.165, 1.54) is 6.42 Å². The van der Waals surface area contributed by atoms with E-state index in [9.17, 15) is 4.79 Å². The molecule has 1 heterocycles. The third-order valence-corrected chi connectivity index (χ3v) is 2.88. The van der Waals surface area contributed by atoms with Crippen LogP contribution in [0.2, 0.25) is 0 Å². The summed E-state index contributed by atoms with van der Waals surface area (Å²) in [6.07, 6.45) is 5.45. The molecule has 1 radical (unpaired) electrons. The maximum absolute atomic E-state index is 10.8. The first kappa shape index (κ1) is 9.56. The normalized spacial score (nSPS) is 26.8. The van der Waals surface area contributed by atoms with Crippen LogP contribution in [0.3, 0.4) is 0 Å². The van der Waals surface area contributed by atoms with Crippen LogP contribution >= 0.6 is 0 Å². The van der Waals surface area contributed by atoms with Gasteiger partial charge in [0.15, 0.2) is 0 Å². The molecule has 1 rings (SSSR count). The molecule has 69 valence electrons. The summed E-state index contributed by atoms with van der Waals surface area (Å²) in [5.41, 5.74) is -0.0208. The first-order chi connectivity index (χ1) is 5.40. The quantitative estimate of drug-likeness (QED) is 0.587. The van der Waals surface area contributed by atoms with Gasteiger partial charge in [0.25, 0.3) is 0 Å². The summed E-state index contributed by atoms with van der Waals surface area (Å²) in [4.78, 5) is 12.6. The van der Waals surface area contributed by atoms with Crippen molar-refractivity contribution < 1.29 is 4.79 Å². The Hall–Kier alpha value is -0.530. The van der Waals surface area contributed by atoms with Crippen molar-refractivity contribution in [1.82, 2.24) is 4.90 Å². The summed E-state index contributed by atoms with van der Waals surface area (Å²) >= 11 is 0. The molecule has 1 saturated heterocycles. The fourth-order valence-corrected chi connectivity index (χ4v) is 2.24. The molecule has 0 bridgehead atoms. The molecule has 1 aliphatic rings. The van der Waals surface area contributed by atoms with E-state index in [0.717, 1.165) is 12.8 Å². The molecule has 0 atom stereocenters. The number of amides is 1. The van der Waals surface area contributed by atoms with E-state index in [1.807, 2.05) is 4.90 Å². The van der Waals surface area contributed by atoms with E-state index < -0.39 is 0 Å². The summed E-state index contributed by atoms with van der Waals surface area (Å²) in [7, 11) is 0. The van der Waals surface area contributed by atoms with Gasteiger partial charge in [-0.05, 0) is 47.0 Å². The molecule has 1 fully saturated rings. The van der Waals surface area contributed by atoms with Crippen molar-refractivity contribution in [2.75, 3.05) is 0 Å². The van der Waals surface area contributed by atoms with Crippen molar-refractivity contribution in [2.45, 2.75) is 58.0 Å². The van der Waals surface area contributed by atoms with Crippen LogP contribution in [0.4, 0.5) is 0 Å². The Kier molecular flexibility index (Phi) is 2.19. The molecule has 0 saturated carbocycles. The fraction of sp³-hybridized carbons (Fsp3) is 0.900. The zero-order valence-corrected chi connectivity index (χ0v) is 8.48. The molecule has 2 heteroatoms. The molecule has 0 aliphatic carbocycles. The lowest BCUT2D eigenvalue weighted by atomic mass is 9.80. The largest absolute Gasteiger partial charge is 0.324 e. The molecular formula is C10H18NO. The number of rotatable bonds is 1. The van der Waals surface area contributed by atoms with Gasteiger partial charge in [0, 0.05) is 11.1 Å². The Morgan fingerprint density at radius 2 is 1.50 bits per heavy atom. The van der Waals surface area contributed by atoms with Crippen molar-refractivity contribution in [3.05, 3.63) is 0 Å². The van der Waals surface area contributed by atoms with Crippen LogP contribution in [0, 0.1) is 0 Å². The highest BCUT2D eigenvalue weighted by Crippen LogP contribution is 2.36. The SMILES string of the molecule is CC1(C)CCCC(C)(C)N1[C]=O. The minimum absolute atomic E-state index is 0.0104. The van der Waals surface area contributed by atoms with Gasteiger partial charge in [-0.1, -0.05) is 0 Å². The maximum atomic E-state index is 10.8. The molecule has 0 aromatic rings. The molecule has 0 aromatic carbocycles. The number of carbonyl (C=O) groups excluding carboxylic acids is 1. The molecule has 0 unspecified atom stereocenters. The highest BCUT2D eigenvalue weighted by molar-refractivity contribution is 5.52. The molecule has 1 amide bonds. The lowest BCUT2D eigenvalue weighted by Gasteiger charge is -2.50. The minimum Gasteiger partial charge on any atom is -0.324 e. The molecule has 12 heavy (non-hydrogen) atoms. The van der Waals surface area contributed by atoms with Crippen molar-refractivity contribution in [1.29, 1.82) is 0 Å². The zero-order chi connectivity index (χ0) is 9.41. The lowest BCUT2D eigenvalue weighted by molar-refractivity contribution is 0.0388. The standard InChI is InChI=1S/C10H18NO/c1-9(2)6-5-7-10(3,4)11(9)8-12/h5-7H2,1-4H3. The molecule has 1 aliphatic heterocycles. The van der Waals surface area contributed by atoms with Crippen LogP contribution in [-0.4, -0.2) is 22.4 Å². The number of likely N-dealkylation sites (tertiary alicyclic amines) is 1. The van der Waals surface area contributed by atoms with Crippen LogP contribution in [0.15, 0.2) is 0 Å². The topological polar surface area (TPSA) is 20.3 Å². The van der Waals surface area contributed by atoms with Gasteiger partial charge in [-0.3, -0.25) is 4.79 Å². The van der Waals surface area contributed by atoms with Crippen LogP contribution in [0.5, 0.6) is 0 Å².